The summed E-state index contributed by atoms with van der Waals surface area (Å²) in [5.41, 5.74) is 1.45. The lowest BCUT2D eigenvalue weighted by Crippen LogP contribution is -2.00. The highest BCUT2D eigenvalue weighted by molar-refractivity contribution is 6.25. The van der Waals surface area contributed by atoms with Crippen LogP contribution in [0.25, 0.3) is 0 Å². The molecule has 1 saturated heterocycles. The smallest absolute Gasteiger partial charge is 0.104 e. The normalized spacial score (nSPS) is 25.2. The highest BCUT2D eigenvalue weighted by Crippen LogP contribution is 2.07. The van der Waals surface area contributed by atoms with Gasteiger partial charge in [-0.1, -0.05) is 11.6 Å². The van der Waals surface area contributed by atoms with Gasteiger partial charge in [0.1, 0.15) is 6.10 Å². The van der Waals surface area contributed by atoms with E-state index >= 15 is 0 Å². The lowest BCUT2D eigenvalue weighted by atomic mass is 10.5. The first-order valence-electron chi connectivity index (χ1n) is 2.88. The molecule has 1 fully saturated rings. The molecule has 1 aliphatic rings. The second-order valence-corrected chi connectivity index (χ2v) is 2.11. The van der Waals surface area contributed by atoms with Crippen molar-refractivity contribution in [3.63, 3.8) is 0 Å². The van der Waals surface area contributed by atoms with Gasteiger partial charge in [0.25, 0.3) is 0 Å². The van der Waals surface area contributed by atoms with Crippen LogP contribution in [0.2, 0.25) is 0 Å². The van der Waals surface area contributed by atoms with E-state index in [-0.39, 0.29) is 0 Å². The molecule has 0 spiro atoms. The summed E-state index contributed by atoms with van der Waals surface area (Å²) in [4.78, 5) is 0. The van der Waals surface area contributed by atoms with Gasteiger partial charge in [-0.25, -0.2) is 0 Å². The van der Waals surface area contributed by atoms with Gasteiger partial charge in [-0.3, -0.25) is 0 Å². The molecular weight excluding hydrogens is 140 g/mol. The van der Waals surface area contributed by atoms with Crippen LogP contribution in [0.3, 0.4) is 0 Å². The molecule has 1 atom stereocenters. The van der Waals surface area contributed by atoms with Crippen LogP contribution in [0.4, 0.5) is 0 Å². The van der Waals surface area contributed by atoms with Crippen LogP contribution in [-0.2, 0) is 9.47 Å². The Morgan fingerprint density at radius 2 is 2.56 bits per heavy atom. The van der Waals surface area contributed by atoms with Gasteiger partial charge < -0.3 is 9.47 Å². The maximum Gasteiger partial charge on any atom is 0.104 e. The molecule has 1 aliphatic heterocycles. The zero-order valence-corrected chi connectivity index (χ0v) is 5.80. The molecule has 1 unspecified atom stereocenters. The Bertz CT molecular complexity index is 99.2. The van der Waals surface area contributed by atoms with E-state index < -0.39 is 0 Å². The molecule has 0 aromatic carbocycles. The third kappa shape index (κ3) is 3.51. The molecule has 2 nitrogen and oxygen atoms in total. The number of epoxide rings is 1. The van der Waals surface area contributed by atoms with Gasteiger partial charge in [-0.15, -0.1) is 0 Å². The predicted molar refractivity (Wildman–Crippen MR) is 35.6 cm³/mol. The quantitative estimate of drug-likeness (QED) is 0.441. The summed E-state index contributed by atoms with van der Waals surface area (Å²) < 4.78 is 10.0. The van der Waals surface area contributed by atoms with Crippen LogP contribution in [-0.4, -0.2) is 25.9 Å². The zero-order chi connectivity index (χ0) is 6.53. The molecule has 52 valence electrons. The molecule has 0 N–H and O–H groups in total. The van der Waals surface area contributed by atoms with E-state index in [9.17, 15) is 0 Å². The van der Waals surface area contributed by atoms with Crippen molar-refractivity contribution in [1.29, 1.82) is 0 Å². The summed E-state index contributed by atoms with van der Waals surface area (Å²) >= 11 is 5.24. The third-order valence-corrected chi connectivity index (χ3v) is 1.19. The largest absolute Gasteiger partial charge is 0.375 e. The zero-order valence-electron chi connectivity index (χ0n) is 5.05. The van der Waals surface area contributed by atoms with Crippen LogP contribution in [0.15, 0.2) is 11.6 Å². The van der Waals surface area contributed by atoms with Crippen LogP contribution in [0.1, 0.15) is 0 Å². The molecule has 0 aromatic heterocycles. The summed E-state index contributed by atoms with van der Waals surface area (Å²) in [6, 6.07) is 0. The first-order chi connectivity index (χ1) is 4.43. The first kappa shape index (κ1) is 7.06. The van der Waals surface area contributed by atoms with E-state index in [0.29, 0.717) is 19.3 Å². The summed E-state index contributed by atoms with van der Waals surface area (Å²) in [5, 5.41) is 0. The highest BCUT2D eigenvalue weighted by Gasteiger charge is 2.21. The predicted octanol–water partition coefficient (Wildman–Crippen LogP) is 1.15. The van der Waals surface area contributed by atoms with Crippen LogP contribution in [0.5, 0.6) is 0 Å². The van der Waals surface area contributed by atoms with Crippen molar-refractivity contribution in [3.8, 4) is 0 Å². The molecule has 0 bridgehead atoms. The van der Waals surface area contributed by atoms with Crippen molar-refractivity contribution in [2.45, 2.75) is 6.10 Å². The monoisotopic (exact) mass is 148 g/mol. The first-order valence-corrected chi connectivity index (χ1v) is 3.31. The van der Waals surface area contributed by atoms with Gasteiger partial charge >= 0.3 is 0 Å². The molecule has 0 radical (unpaired) electrons. The average molecular weight is 149 g/mol. The minimum Gasteiger partial charge on any atom is -0.375 e. The minimum atomic E-state index is 0.355. The van der Waals surface area contributed by atoms with Crippen LogP contribution in [0, 0.1) is 0 Å². The Labute approximate surface area is 59.4 Å². The number of hydrogen-bond acceptors (Lipinski definition) is 2. The third-order valence-electron chi connectivity index (χ3n) is 1.01. The second-order valence-electron chi connectivity index (χ2n) is 1.85. The second kappa shape index (κ2) is 3.88. The van der Waals surface area contributed by atoms with Crippen molar-refractivity contribution in [3.05, 3.63) is 11.6 Å². The van der Waals surface area contributed by atoms with E-state index in [0.717, 1.165) is 6.61 Å². The summed E-state index contributed by atoms with van der Waals surface area (Å²) in [5.74, 6) is 0. The fraction of sp³-hybridized carbons (Fsp3) is 0.667. The van der Waals surface area contributed by atoms with Crippen molar-refractivity contribution in [2.24, 2.45) is 0 Å². The minimum absolute atomic E-state index is 0.355. The Morgan fingerprint density at radius 1 is 1.78 bits per heavy atom. The number of halogens is 1. The Balaban J connectivity index is 1.81. The molecule has 0 aliphatic carbocycles. The Morgan fingerprint density at radius 3 is 3.11 bits per heavy atom. The van der Waals surface area contributed by atoms with Crippen LogP contribution >= 0.6 is 11.6 Å². The van der Waals surface area contributed by atoms with E-state index in [2.05, 4.69) is 0 Å². The van der Waals surface area contributed by atoms with Gasteiger partial charge in [0.05, 0.1) is 19.8 Å². The van der Waals surface area contributed by atoms with Crippen molar-refractivity contribution >= 4 is 11.6 Å². The summed E-state index contributed by atoms with van der Waals surface area (Å²) in [7, 11) is 0. The van der Waals surface area contributed by atoms with Gasteiger partial charge in [-0.2, -0.15) is 0 Å². The van der Waals surface area contributed by atoms with E-state index in [1.807, 2.05) is 0 Å². The van der Waals surface area contributed by atoms with Crippen molar-refractivity contribution in [2.75, 3.05) is 19.8 Å². The fourth-order valence-electron chi connectivity index (χ4n) is 0.468. The van der Waals surface area contributed by atoms with Gasteiger partial charge in [-0.05, 0) is 6.08 Å². The van der Waals surface area contributed by atoms with Gasteiger partial charge in [0, 0.05) is 5.54 Å². The summed E-state index contributed by atoms with van der Waals surface area (Å²) in [6.45, 7) is 2.13. The van der Waals surface area contributed by atoms with E-state index in [1.165, 1.54) is 5.54 Å². The SMILES string of the molecule is Cl/C=C/COCC1CO1. The molecule has 1 heterocycles. The standard InChI is InChI=1S/C6H9ClO2/c7-2-1-3-8-4-6-5-9-6/h1-2,6H,3-5H2/b2-1+. The molecule has 1 rings (SSSR count). The number of rotatable bonds is 4. The molecule has 0 saturated carbocycles. The van der Waals surface area contributed by atoms with E-state index in [4.69, 9.17) is 21.1 Å². The maximum atomic E-state index is 5.24. The molecule has 9 heavy (non-hydrogen) atoms. The Kier molecular flexibility index (Phi) is 3.04. The van der Waals surface area contributed by atoms with Crippen molar-refractivity contribution < 1.29 is 9.47 Å². The number of ether oxygens (including phenoxy) is 2. The van der Waals surface area contributed by atoms with E-state index in [1.54, 1.807) is 6.08 Å². The lowest BCUT2D eigenvalue weighted by Gasteiger charge is -1.93. The fourth-order valence-corrected chi connectivity index (χ4v) is 0.541. The highest BCUT2D eigenvalue weighted by atomic mass is 35.5. The number of hydrogen-bond donors (Lipinski definition) is 0. The maximum absolute atomic E-state index is 5.24. The van der Waals surface area contributed by atoms with Crippen molar-refractivity contribution in [1.82, 2.24) is 0 Å². The molecule has 0 aromatic rings. The Hall–Kier alpha value is -0.0500. The van der Waals surface area contributed by atoms with Gasteiger partial charge in [0.15, 0.2) is 0 Å². The molecular formula is C6H9ClO2. The average Bonchev–Trinajstić information content (AvgIpc) is 2.63. The lowest BCUT2D eigenvalue weighted by molar-refractivity contribution is 0.141. The molecule has 0 amide bonds. The van der Waals surface area contributed by atoms with Gasteiger partial charge in [0.2, 0.25) is 0 Å². The van der Waals surface area contributed by atoms with Crippen LogP contribution < -0.4 is 0 Å². The molecule has 3 heteroatoms. The summed E-state index contributed by atoms with van der Waals surface area (Å²) in [6.07, 6.45) is 2.11. The topological polar surface area (TPSA) is 21.8 Å².